The third-order valence-electron chi connectivity index (χ3n) is 7.15. The van der Waals surface area contributed by atoms with E-state index >= 15 is 0 Å². The molecule has 0 aromatic heterocycles. The lowest BCUT2D eigenvalue weighted by Gasteiger charge is -2.32. The Hall–Kier alpha value is -3.78. The highest BCUT2D eigenvalue weighted by atomic mass is 16.1. The van der Waals surface area contributed by atoms with Gasteiger partial charge in [-0.05, 0) is 83.9 Å². The van der Waals surface area contributed by atoms with Gasteiger partial charge < -0.3 is 0 Å². The Morgan fingerprint density at radius 2 is 1.14 bits per heavy atom. The van der Waals surface area contributed by atoms with Crippen molar-refractivity contribution < 1.29 is 9.59 Å². The lowest BCUT2D eigenvalue weighted by atomic mass is 9.72. The van der Waals surface area contributed by atoms with Crippen molar-refractivity contribution in [2.75, 3.05) is 0 Å². The van der Waals surface area contributed by atoms with Crippen molar-refractivity contribution in [2.45, 2.75) is 88.5 Å². The van der Waals surface area contributed by atoms with Crippen LogP contribution in [0, 0.1) is 5.41 Å². The van der Waals surface area contributed by atoms with Gasteiger partial charge in [0.2, 0.25) is 0 Å². The number of rotatable bonds is 13. The summed E-state index contributed by atoms with van der Waals surface area (Å²) in [7, 11) is 0. The smallest absolute Gasteiger partial charge is 0.162 e. The van der Waals surface area contributed by atoms with Crippen LogP contribution in [-0.4, -0.2) is 11.6 Å². The van der Waals surface area contributed by atoms with Gasteiger partial charge >= 0.3 is 0 Å². The lowest BCUT2D eigenvalue weighted by Crippen LogP contribution is -2.24. The number of carbonyl (C=O) groups is 2. The van der Waals surface area contributed by atoms with E-state index in [0.29, 0.717) is 12.8 Å². The first kappa shape index (κ1) is 36.2. The summed E-state index contributed by atoms with van der Waals surface area (Å²) in [5.74, 6) is 0.422. The normalized spacial score (nSPS) is 18.1. The molecule has 0 heterocycles. The molecule has 0 unspecified atom stereocenters. The molecule has 0 amide bonds. The van der Waals surface area contributed by atoms with Gasteiger partial charge in [-0.3, -0.25) is 9.59 Å². The van der Waals surface area contributed by atoms with Crippen LogP contribution in [0.4, 0.5) is 0 Å². The van der Waals surface area contributed by atoms with Crippen LogP contribution in [0.1, 0.15) is 88.5 Å². The van der Waals surface area contributed by atoms with Crippen molar-refractivity contribution in [3.63, 3.8) is 0 Å². The molecule has 224 valence electrons. The highest BCUT2D eigenvalue weighted by Gasteiger charge is 2.30. The van der Waals surface area contributed by atoms with Gasteiger partial charge in [-0.2, -0.15) is 0 Å². The third kappa shape index (κ3) is 14.7. The van der Waals surface area contributed by atoms with Gasteiger partial charge in [0.15, 0.2) is 11.6 Å². The number of hydrogen-bond donors (Lipinski definition) is 0. The van der Waals surface area contributed by atoms with E-state index in [4.69, 9.17) is 0 Å². The van der Waals surface area contributed by atoms with Crippen LogP contribution in [0.25, 0.3) is 0 Å². The summed E-state index contributed by atoms with van der Waals surface area (Å²) >= 11 is 0. The first-order valence-electron chi connectivity index (χ1n) is 14.9. The molecule has 42 heavy (non-hydrogen) atoms. The highest BCUT2D eigenvalue weighted by molar-refractivity contribution is 5.97. The number of hydrogen-bond acceptors (Lipinski definition) is 2. The molecule has 1 aliphatic carbocycles. The molecule has 0 aromatic rings. The summed E-state index contributed by atoms with van der Waals surface area (Å²) in [6.07, 6.45) is 34.7. The largest absolute Gasteiger partial charge is 0.295 e. The van der Waals surface area contributed by atoms with Crippen molar-refractivity contribution in [1.29, 1.82) is 0 Å². The Bertz CT molecular complexity index is 1340. The van der Waals surface area contributed by atoms with Crippen molar-refractivity contribution in [1.82, 2.24) is 0 Å². The zero-order valence-electron chi connectivity index (χ0n) is 27.7. The minimum absolute atomic E-state index is 0.0391. The van der Waals surface area contributed by atoms with Gasteiger partial charge in [-0.15, -0.1) is 0 Å². The number of ketones is 2. The first-order chi connectivity index (χ1) is 19.7. The van der Waals surface area contributed by atoms with E-state index in [1.165, 1.54) is 0 Å². The molecule has 2 heteroatoms. The van der Waals surface area contributed by atoms with Crippen molar-refractivity contribution in [2.24, 2.45) is 5.41 Å². The van der Waals surface area contributed by atoms with Crippen LogP contribution in [-0.2, 0) is 9.59 Å². The predicted molar refractivity (Wildman–Crippen MR) is 184 cm³/mol. The summed E-state index contributed by atoms with van der Waals surface area (Å²) in [6.45, 7) is 20.5. The molecule has 2 nitrogen and oxygen atoms in total. The summed E-state index contributed by atoms with van der Waals surface area (Å²) < 4.78 is 0. The van der Waals surface area contributed by atoms with E-state index in [-0.39, 0.29) is 17.0 Å². The number of allylic oxidation sites excluding steroid dienone is 24. The molecule has 0 fully saturated rings. The van der Waals surface area contributed by atoms with E-state index < -0.39 is 0 Å². The summed E-state index contributed by atoms with van der Waals surface area (Å²) in [4.78, 5) is 24.2. The Balaban J connectivity index is 2.65. The topological polar surface area (TPSA) is 34.1 Å². The third-order valence-corrected chi connectivity index (χ3v) is 7.15. The number of carbonyl (C=O) groups excluding carboxylic acids is 2. The molecule has 0 N–H and O–H groups in total. The van der Waals surface area contributed by atoms with Gasteiger partial charge in [0.05, 0.1) is 0 Å². The molecule has 1 rings (SSSR count). The van der Waals surface area contributed by atoms with E-state index in [1.54, 1.807) is 0 Å². The summed E-state index contributed by atoms with van der Waals surface area (Å²) in [6, 6.07) is 0. The quantitative estimate of drug-likeness (QED) is 0.127. The average Bonchev–Trinajstić information content (AvgIpc) is 2.91. The fourth-order valence-electron chi connectivity index (χ4n) is 4.21. The van der Waals surface area contributed by atoms with E-state index in [1.807, 2.05) is 77.2 Å². The standard InChI is InChI=1S/C40H52O2/c1-30(2)24-27-38(41)35(7)23-15-22-33(5)20-13-18-31(3)16-11-12-17-32(4)19-14-21-34(6)25-26-37-36(8)39(42)28-29-40(37,9)10/h11-26H,27-29H2,1-10H3. The molecule has 0 bridgehead atoms. The van der Waals surface area contributed by atoms with Crippen LogP contribution in [0.3, 0.4) is 0 Å². The Morgan fingerprint density at radius 1 is 0.690 bits per heavy atom. The fourth-order valence-corrected chi connectivity index (χ4v) is 4.21. The maximum Gasteiger partial charge on any atom is 0.162 e. The van der Waals surface area contributed by atoms with Crippen LogP contribution < -0.4 is 0 Å². The van der Waals surface area contributed by atoms with Crippen molar-refractivity contribution in [3.05, 3.63) is 142 Å². The second-order valence-electron chi connectivity index (χ2n) is 12.0. The second-order valence-corrected chi connectivity index (χ2v) is 12.0. The maximum atomic E-state index is 12.1. The summed E-state index contributed by atoms with van der Waals surface area (Å²) in [5, 5.41) is 0. The van der Waals surface area contributed by atoms with E-state index in [0.717, 1.165) is 51.0 Å². The zero-order chi connectivity index (χ0) is 31.7. The van der Waals surface area contributed by atoms with Gasteiger partial charge in [0, 0.05) is 12.8 Å². The molecule has 0 aliphatic heterocycles. The maximum absolute atomic E-state index is 12.1. The monoisotopic (exact) mass is 564 g/mol. The molecule has 0 saturated heterocycles. The van der Waals surface area contributed by atoms with E-state index in [9.17, 15) is 9.59 Å². The highest BCUT2D eigenvalue weighted by Crippen LogP contribution is 2.39. The second kappa shape index (κ2) is 18.6. The molecular formula is C40H52O2. The van der Waals surface area contributed by atoms with Crippen molar-refractivity contribution >= 4 is 11.6 Å². The zero-order valence-corrected chi connectivity index (χ0v) is 27.7. The van der Waals surface area contributed by atoms with E-state index in [2.05, 4.69) is 89.3 Å². The lowest BCUT2D eigenvalue weighted by molar-refractivity contribution is -0.116. The van der Waals surface area contributed by atoms with Gasteiger partial charge in [0.1, 0.15) is 0 Å². The van der Waals surface area contributed by atoms with Gasteiger partial charge in [-0.1, -0.05) is 139 Å². The molecule has 0 spiro atoms. The molecule has 0 aromatic carbocycles. The SMILES string of the molecule is CC(C)=CCC(=O)C(C)=CC=CC(C)=CC=CC(C)=CC=CC=C(C)C=CC=C(C)C=CC1=C(C)C(=O)CCC1(C)C. The Morgan fingerprint density at radius 3 is 1.64 bits per heavy atom. The van der Waals surface area contributed by atoms with Gasteiger partial charge in [0.25, 0.3) is 0 Å². The molecule has 0 atom stereocenters. The van der Waals surface area contributed by atoms with Crippen molar-refractivity contribution in [3.8, 4) is 0 Å². The summed E-state index contributed by atoms with van der Waals surface area (Å²) in [5.41, 5.74) is 8.59. The number of Topliss-reactive ketones (excluding diaryl/α,β-unsaturated/α-hetero) is 2. The minimum atomic E-state index is 0.0391. The molecular weight excluding hydrogens is 512 g/mol. The molecule has 0 saturated carbocycles. The molecule has 1 aliphatic rings. The predicted octanol–water partition coefficient (Wildman–Crippen LogP) is 11.1. The van der Waals surface area contributed by atoms with Crippen LogP contribution in [0.15, 0.2) is 142 Å². The molecule has 0 radical (unpaired) electrons. The average molecular weight is 565 g/mol. The fraction of sp³-hybridized carbons (Fsp3) is 0.350. The Labute approximate surface area is 256 Å². The minimum Gasteiger partial charge on any atom is -0.295 e. The Kier molecular flexibility index (Phi) is 16.1. The van der Waals surface area contributed by atoms with Crippen LogP contribution in [0.5, 0.6) is 0 Å². The van der Waals surface area contributed by atoms with Gasteiger partial charge in [-0.25, -0.2) is 0 Å². The van der Waals surface area contributed by atoms with Crippen LogP contribution in [0.2, 0.25) is 0 Å². The first-order valence-corrected chi connectivity index (χ1v) is 14.9. The van der Waals surface area contributed by atoms with Crippen LogP contribution >= 0.6 is 0 Å².